The Morgan fingerprint density at radius 3 is 2.36 bits per heavy atom. The fourth-order valence-corrected chi connectivity index (χ4v) is 7.58. The molecule has 4 aromatic rings. The van der Waals surface area contributed by atoms with E-state index in [1.807, 2.05) is 43.3 Å². The van der Waals surface area contributed by atoms with Gasteiger partial charge in [-0.05, 0) is 73.2 Å². The van der Waals surface area contributed by atoms with Crippen molar-refractivity contribution in [2.24, 2.45) is 11.5 Å². The average Bonchev–Trinajstić information content (AvgIpc) is 3.57. The molecule has 1 fully saturated rings. The zero-order valence-corrected chi connectivity index (χ0v) is 24.2. The molecule has 8 N–H and O–H groups in total. The number of benzene rings is 3. The van der Waals surface area contributed by atoms with Gasteiger partial charge in [-0.25, -0.2) is 0 Å². The molecule has 2 aliphatic carbocycles. The van der Waals surface area contributed by atoms with E-state index >= 15 is 0 Å². The molecule has 9 nitrogen and oxygen atoms in total. The number of para-hydroxylation sites is 1. The maximum Gasteiger partial charge on any atom is 0.261 e. The molecule has 0 saturated heterocycles. The first-order valence-electron chi connectivity index (χ1n) is 13.9. The number of carbonyl (C=O) groups excluding carboxylic acids is 3. The maximum absolute atomic E-state index is 14.1. The molecule has 42 heavy (non-hydrogen) atoms. The number of Topliss-reactive ketones (excluding diaryl/α,β-unsaturated/α-hetero) is 1. The van der Waals surface area contributed by atoms with E-state index in [1.165, 1.54) is 18.3 Å². The van der Waals surface area contributed by atoms with Crippen molar-refractivity contribution in [3.63, 3.8) is 0 Å². The van der Waals surface area contributed by atoms with Gasteiger partial charge >= 0.3 is 0 Å². The molecule has 4 atom stereocenters. The van der Waals surface area contributed by atoms with Crippen LogP contribution in [0.5, 0.6) is 11.5 Å². The normalized spacial score (nSPS) is 23.1. The first kappa shape index (κ1) is 27.9. The Labute approximate surface area is 247 Å². The number of thiophene rings is 1. The van der Waals surface area contributed by atoms with Crippen LogP contribution in [0, 0.1) is 6.92 Å². The lowest BCUT2D eigenvalue weighted by molar-refractivity contribution is -0.124. The van der Waals surface area contributed by atoms with Crippen LogP contribution in [0.4, 0.5) is 5.69 Å². The monoisotopic (exact) mass is 583 g/mol. The molecule has 3 aromatic carbocycles. The standard InChI is InChI=1S/C32H33N5O4S/c1-16-14-21(41-20-6-4-3-5-7-20)10-11-22(16)32(35)23-12-13-24(33)28-25(23)26(27(34)30(32)39)29(42-28)31(40)37-19-9-8-18(15-19)36-17(2)38/h3-7,10-14,18-19,27H,8-9,15,33-35H2,1-2H3,(H,36,38)(H,37,40)/t18-,19+,27?,32?/m1/s1. The number of anilines is 1. The highest BCUT2D eigenvalue weighted by atomic mass is 32.1. The van der Waals surface area contributed by atoms with Crippen molar-refractivity contribution in [3.8, 4) is 11.5 Å². The fraction of sp³-hybridized carbons (Fsp3) is 0.281. The Morgan fingerprint density at radius 2 is 1.67 bits per heavy atom. The number of ketones is 1. The lowest BCUT2D eigenvalue weighted by Gasteiger charge is -2.37. The lowest BCUT2D eigenvalue weighted by atomic mass is 9.69. The zero-order valence-electron chi connectivity index (χ0n) is 23.4. The summed E-state index contributed by atoms with van der Waals surface area (Å²) in [5.74, 6) is 0.507. The summed E-state index contributed by atoms with van der Waals surface area (Å²) in [4.78, 5) is 39.6. The van der Waals surface area contributed by atoms with Crippen molar-refractivity contribution >= 4 is 44.7 Å². The van der Waals surface area contributed by atoms with Gasteiger partial charge in [-0.15, -0.1) is 11.3 Å². The highest BCUT2D eigenvalue weighted by molar-refractivity contribution is 7.21. The molecule has 10 heteroatoms. The van der Waals surface area contributed by atoms with Gasteiger partial charge in [0.15, 0.2) is 5.78 Å². The predicted octanol–water partition coefficient (Wildman–Crippen LogP) is 4.16. The highest BCUT2D eigenvalue weighted by Crippen LogP contribution is 2.50. The van der Waals surface area contributed by atoms with E-state index in [-0.39, 0.29) is 23.9 Å². The molecule has 1 saturated carbocycles. The molecule has 2 unspecified atom stereocenters. The van der Waals surface area contributed by atoms with Gasteiger partial charge in [0.25, 0.3) is 5.91 Å². The van der Waals surface area contributed by atoms with Crippen molar-refractivity contribution < 1.29 is 19.1 Å². The number of nitrogen functional groups attached to an aromatic ring is 1. The van der Waals surface area contributed by atoms with E-state index in [0.717, 1.165) is 18.4 Å². The van der Waals surface area contributed by atoms with Crippen molar-refractivity contribution in [1.82, 2.24) is 10.6 Å². The van der Waals surface area contributed by atoms with Crippen LogP contribution < -0.4 is 32.6 Å². The number of ether oxygens (including phenoxy) is 1. The molecule has 1 aromatic heterocycles. The molecule has 0 radical (unpaired) electrons. The number of rotatable bonds is 6. The van der Waals surface area contributed by atoms with Gasteiger partial charge < -0.3 is 32.6 Å². The summed E-state index contributed by atoms with van der Waals surface area (Å²) in [5, 5.41) is 6.67. The summed E-state index contributed by atoms with van der Waals surface area (Å²) in [6, 6.07) is 17.1. The van der Waals surface area contributed by atoms with E-state index in [2.05, 4.69) is 10.6 Å². The molecule has 0 bridgehead atoms. The SMILES string of the molecule is CC(=O)N[C@@H]1CC[C@H](NC(=O)c2sc3c(N)ccc4c3c2C(N)C(=O)C4(N)c2ccc(Oc3ccccc3)cc2C)C1. The summed E-state index contributed by atoms with van der Waals surface area (Å²) in [7, 11) is 0. The minimum atomic E-state index is -1.56. The molecule has 216 valence electrons. The Bertz CT molecular complexity index is 1740. The average molecular weight is 584 g/mol. The molecule has 0 spiro atoms. The summed E-state index contributed by atoms with van der Waals surface area (Å²) >= 11 is 1.23. The highest BCUT2D eigenvalue weighted by Gasteiger charge is 2.49. The van der Waals surface area contributed by atoms with E-state index in [0.29, 0.717) is 55.3 Å². The quantitative estimate of drug-likeness (QED) is 0.213. The minimum absolute atomic E-state index is 0.0187. The van der Waals surface area contributed by atoms with Crippen molar-refractivity contribution in [2.45, 2.75) is 56.8 Å². The largest absolute Gasteiger partial charge is 0.457 e. The van der Waals surface area contributed by atoms with Crippen LogP contribution >= 0.6 is 11.3 Å². The molecule has 0 aliphatic heterocycles. The van der Waals surface area contributed by atoms with E-state index in [9.17, 15) is 14.4 Å². The Hall–Kier alpha value is -4.25. The number of nitrogens with two attached hydrogens (primary N) is 3. The molecular formula is C32H33N5O4S. The van der Waals surface area contributed by atoms with E-state index in [1.54, 1.807) is 24.3 Å². The number of nitrogens with one attached hydrogen (secondary N) is 2. The van der Waals surface area contributed by atoms with Gasteiger partial charge in [0, 0.05) is 35.6 Å². The topological polar surface area (TPSA) is 163 Å². The van der Waals surface area contributed by atoms with Crippen molar-refractivity contribution in [2.75, 3.05) is 5.73 Å². The Kier molecular flexibility index (Phi) is 7.00. The molecule has 6 rings (SSSR count). The second-order valence-electron chi connectivity index (χ2n) is 11.2. The van der Waals surface area contributed by atoms with Crippen LogP contribution in [0.2, 0.25) is 0 Å². The molecule has 1 heterocycles. The summed E-state index contributed by atoms with van der Waals surface area (Å²) < 4.78 is 6.67. The van der Waals surface area contributed by atoms with Gasteiger partial charge in [-0.3, -0.25) is 14.4 Å². The number of carbonyl (C=O) groups is 3. The molecular weight excluding hydrogens is 550 g/mol. The summed E-state index contributed by atoms with van der Waals surface area (Å²) in [6.45, 7) is 3.37. The van der Waals surface area contributed by atoms with Crippen LogP contribution in [0.15, 0.2) is 60.7 Å². The second-order valence-corrected chi connectivity index (χ2v) is 12.2. The number of hydrogen-bond donors (Lipinski definition) is 5. The van der Waals surface area contributed by atoms with Gasteiger partial charge in [-0.1, -0.05) is 30.3 Å². The first-order valence-corrected chi connectivity index (χ1v) is 14.8. The van der Waals surface area contributed by atoms with Crippen molar-refractivity contribution in [1.29, 1.82) is 0 Å². The first-order chi connectivity index (χ1) is 20.1. The third kappa shape index (κ3) is 4.61. The van der Waals surface area contributed by atoms with E-state index in [4.69, 9.17) is 21.9 Å². The van der Waals surface area contributed by atoms with Gasteiger partial charge in [0.05, 0.1) is 15.6 Å². The third-order valence-corrected chi connectivity index (χ3v) is 9.55. The van der Waals surface area contributed by atoms with Crippen molar-refractivity contribution in [3.05, 3.63) is 87.8 Å². The van der Waals surface area contributed by atoms with Gasteiger partial charge in [0.2, 0.25) is 5.91 Å². The minimum Gasteiger partial charge on any atom is -0.457 e. The fourth-order valence-electron chi connectivity index (χ4n) is 6.38. The van der Waals surface area contributed by atoms with Crippen LogP contribution in [-0.2, 0) is 15.1 Å². The second kappa shape index (κ2) is 10.5. The molecule has 2 amide bonds. The number of hydrogen-bond acceptors (Lipinski definition) is 8. The van der Waals surface area contributed by atoms with Crippen LogP contribution in [0.1, 0.15) is 64.2 Å². The van der Waals surface area contributed by atoms with E-state index < -0.39 is 17.4 Å². The summed E-state index contributed by atoms with van der Waals surface area (Å²) in [6.07, 6.45) is 2.16. The number of amides is 2. The third-order valence-electron chi connectivity index (χ3n) is 8.30. The zero-order chi connectivity index (χ0) is 29.8. The van der Waals surface area contributed by atoms with Gasteiger partial charge in [-0.2, -0.15) is 0 Å². The molecule has 2 aliphatic rings. The smallest absolute Gasteiger partial charge is 0.261 e. The predicted molar refractivity (Wildman–Crippen MR) is 164 cm³/mol. The van der Waals surface area contributed by atoms with Crippen LogP contribution in [-0.4, -0.2) is 29.7 Å². The lowest BCUT2D eigenvalue weighted by Crippen LogP contribution is -2.53. The maximum atomic E-state index is 14.1. The summed E-state index contributed by atoms with van der Waals surface area (Å²) in [5.41, 5.74) is 21.4. The van der Waals surface area contributed by atoms with Crippen LogP contribution in [0.25, 0.3) is 10.1 Å². The number of aryl methyl sites for hydroxylation is 1. The Morgan fingerprint density at radius 1 is 0.976 bits per heavy atom. The van der Waals surface area contributed by atoms with Gasteiger partial charge in [0.1, 0.15) is 17.0 Å². The Balaban J connectivity index is 1.38. The van der Waals surface area contributed by atoms with Crippen LogP contribution in [0.3, 0.4) is 0 Å².